The summed E-state index contributed by atoms with van der Waals surface area (Å²) >= 11 is 1.59. The molecule has 26 heavy (non-hydrogen) atoms. The highest BCUT2D eigenvalue weighted by atomic mass is 32.1. The van der Waals surface area contributed by atoms with Crippen molar-refractivity contribution < 1.29 is 9.32 Å². The third-order valence-corrected chi connectivity index (χ3v) is 4.88. The molecule has 0 atom stereocenters. The highest BCUT2D eigenvalue weighted by Gasteiger charge is 2.25. The maximum Gasteiger partial charge on any atom is 0.276 e. The van der Waals surface area contributed by atoms with E-state index in [9.17, 15) is 4.79 Å². The Balaban J connectivity index is 1.34. The molecule has 3 aromatic rings. The number of nitrogens with two attached hydrogens (primary N) is 1. The molecule has 1 saturated heterocycles. The van der Waals surface area contributed by atoms with Crippen LogP contribution in [0.15, 0.2) is 33.7 Å². The van der Waals surface area contributed by atoms with Gasteiger partial charge in [-0.05, 0) is 11.4 Å². The summed E-state index contributed by atoms with van der Waals surface area (Å²) in [7, 11) is 0. The van der Waals surface area contributed by atoms with Crippen LogP contribution in [0.4, 0.5) is 5.82 Å². The van der Waals surface area contributed by atoms with Crippen molar-refractivity contribution in [3.63, 3.8) is 0 Å². The van der Waals surface area contributed by atoms with E-state index in [0.29, 0.717) is 44.4 Å². The van der Waals surface area contributed by atoms with Crippen molar-refractivity contribution in [1.82, 2.24) is 29.9 Å². The Morgan fingerprint density at radius 2 is 2.04 bits per heavy atom. The molecular weight excluding hydrogens is 354 g/mol. The number of carbonyl (C=O) groups excluding carboxylic acids is 1. The van der Waals surface area contributed by atoms with Gasteiger partial charge in [0.2, 0.25) is 11.7 Å². The molecule has 10 heteroatoms. The first-order chi connectivity index (χ1) is 12.7. The summed E-state index contributed by atoms with van der Waals surface area (Å²) < 4.78 is 5.34. The van der Waals surface area contributed by atoms with Gasteiger partial charge in [-0.25, -0.2) is 9.97 Å². The third kappa shape index (κ3) is 3.41. The summed E-state index contributed by atoms with van der Waals surface area (Å²) in [6.45, 7) is 3.15. The van der Waals surface area contributed by atoms with Crippen molar-refractivity contribution in [2.75, 3.05) is 31.9 Å². The predicted octanol–water partition coefficient (Wildman–Crippen LogP) is 1.13. The van der Waals surface area contributed by atoms with Crippen molar-refractivity contribution in [2.24, 2.45) is 0 Å². The molecule has 0 aliphatic carbocycles. The fraction of sp³-hybridized carbons (Fsp3) is 0.312. The van der Waals surface area contributed by atoms with Crippen LogP contribution in [0.2, 0.25) is 0 Å². The van der Waals surface area contributed by atoms with E-state index in [-0.39, 0.29) is 17.4 Å². The molecule has 0 bridgehead atoms. The van der Waals surface area contributed by atoms with E-state index in [2.05, 4.69) is 25.0 Å². The molecule has 3 aromatic heterocycles. The van der Waals surface area contributed by atoms with Crippen LogP contribution >= 0.6 is 11.3 Å². The number of hydrogen-bond acceptors (Lipinski definition) is 9. The minimum atomic E-state index is -0.187. The van der Waals surface area contributed by atoms with Crippen molar-refractivity contribution >= 4 is 23.1 Å². The average Bonchev–Trinajstić information content (AvgIpc) is 3.34. The van der Waals surface area contributed by atoms with Crippen LogP contribution in [0, 0.1) is 0 Å². The van der Waals surface area contributed by atoms with Crippen molar-refractivity contribution in [3.05, 3.63) is 40.8 Å². The monoisotopic (exact) mass is 371 g/mol. The SMILES string of the molecule is Nc1nccnc1C(=O)N1CCN(Cc2nc(-c3ccsc3)no2)CC1. The number of nitrogen functional groups attached to an aromatic ring is 1. The van der Waals surface area contributed by atoms with Crippen LogP contribution < -0.4 is 5.73 Å². The normalized spacial score (nSPS) is 15.3. The van der Waals surface area contributed by atoms with E-state index in [1.165, 1.54) is 12.4 Å². The Kier molecular flexibility index (Phi) is 4.59. The maximum absolute atomic E-state index is 12.5. The molecule has 1 amide bonds. The molecular formula is C16H17N7O2S. The number of aromatic nitrogens is 4. The Morgan fingerprint density at radius 3 is 2.77 bits per heavy atom. The molecule has 4 heterocycles. The lowest BCUT2D eigenvalue weighted by atomic mass is 10.2. The first kappa shape index (κ1) is 16.6. The van der Waals surface area contributed by atoms with E-state index in [0.717, 1.165) is 5.56 Å². The molecule has 4 rings (SSSR count). The summed E-state index contributed by atoms with van der Waals surface area (Å²) in [5.41, 5.74) is 6.91. The van der Waals surface area contributed by atoms with Gasteiger partial charge in [0.1, 0.15) is 0 Å². The molecule has 0 aromatic carbocycles. The number of rotatable bonds is 4. The van der Waals surface area contributed by atoms with Crippen LogP contribution in [-0.2, 0) is 6.54 Å². The van der Waals surface area contributed by atoms with Gasteiger partial charge in [0.25, 0.3) is 5.91 Å². The molecule has 1 aliphatic rings. The van der Waals surface area contributed by atoms with Gasteiger partial charge >= 0.3 is 0 Å². The predicted molar refractivity (Wildman–Crippen MR) is 95.2 cm³/mol. The standard InChI is InChI=1S/C16H17N7O2S/c17-14-13(18-2-3-19-14)16(24)23-6-4-22(5-7-23)9-12-20-15(21-25-12)11-1-8-26-10-11/h1-3,8,10H,4-7,9H2,(H2,17,19). The molecule has 0 spiro atoms. The first-order valence-electron chi connectivity index (χ1n) is 8.14. The molecule has 2 N–H and O–H groups in total. The van der Waals surface area contributed by atoms with Crippen LogP contribution in [0.3, 0.4) is 0 Å². The second kappa shape index (κ2) is 7.18. The largest absolute Gasteiger partial charge is 0.382 e. The van der Waals surface area contributed by atoms with Crippen molar-refractivity contribution in [3.8, 4) is 11.4 Å². The van der Waals surface area contributed by atoms with E-state index < -0.39 is 0 Å². The van der Waals surface area contributed by atoms with Gasteiger partial charge in [-0.2, -0.15) is 16.3 Å². The number of thiophene rings is 1. The lowest BCUT2D eigenvalue weighted by Gasteiger charge is -2.33. The number of carbonyl (C=O) groups is 1. The van der Waals surface area contributed by atoms with E-state index >= 15 is 0 Å². The van der Waals surface area contributed by atoms with Gasteiger partial charge in [-0.15, -0.1) is 0 Å². The van der Waals surface area contributed by atoms with Crippen LogP contribution in [0.1, 0.15) is 16.4 Å². The molecule has 0 radical (unpaired) electrons. The van der Waals surface area contributed by atoms with E-state index in [4.69, 9.17) is 10.3 Å². The molecule has 134 valence electrons. The molecule has 0 saturated carbocycles. The van der Waals surface area contributed by atoms with Crippen LogP contribution in [0.5, 0.6) is 0 Å². The average molecular weight is 371 g/mol. The zero-order valence-electron chi connectivity index (χ0n) is 13.9. The number of piperazine rings is 1. The highest BCUT2D eigenvalue weighted by Crippen LogP contribution is 2.19. The first-order valence-corrected chi connectivity index (χ1v) is 9.08. The number of amides is 1. The third-order valence-electron chi connectivity index (χ3n) is 4.19. The fourth-order valence-corrected chi connectivity index (χ4v) is 3.43. The summed E-state index contributed by atoms with van der Waals surface area (Å²) in [5, 5.41) is 7.98. The highest BCUT2D eigenvalue weighted by molar-refractivity contribution is 7.08. The van der Waals surface area contributed by atoms with Gasteiger partial charge in [0.15, 0.2) is 11.5 Å². The summed E-state index contributed by atoms with van der Waals surface area (Å²) in [6.07, 6.45) is 2.94. The maximum atomic E-state index is 12.5. The topological polar surface area (TPSA) is 114 Å². The van der Waals surface area contributed by atoms with Gasteiger partial charge in [0, 0.05) is 49.5 Å². The smallest absolute Gasteiger partial charge is 0.276 e. The second-order valence-electron chi connectivity index (χ2n) is 5.88. The van der Waals surface area contributed by atoms with E-state index in [1.54, 1.807) is 16.2 Å². The fourth-order valence-electron chi connectivity index (χ4n) is 2.79. The zero-order valence-corrected chi connectivity index (χ0v) is 14.7. The van der Waals surface area contributed by atoms with Gasteiger partial charge in [-0.3, -0.25) is 9.69 Å². The van der Waals surface area contributed by atoms with Crippen molar-refractivity contribution in [1.29, 1.82) is 0 Å². The molecule has 1 fully saturated rings. The Hall–Kier alpha value is -2.85. The lowest BCUT2D eigenvalue weighted by Crippen LogP contribution is -2.48. The van der Waals surface area contributed by atoms with Crippen LogP contribution in [0.25, 0.3) is 11.4 Å². The van der Waals surface area contributed by atoms with Crippen LogP contribution in [-0.4, -0.2) is 62.0 Å². The Morgan fingerprint density at radius 1 is 1.23 bits per heavy atom. The van der Waals surface area contributed by atoms with Gasteiger partial charge in [-0.1, -0.05) is 5.16 Å². The summed E-state index contributed by atoms with van der Waals surface area (Å²) in [5.74, 6) is 1.15. The lowest BCUT2D eigenvalue weighted by molar-refractivity contribution is 0.0610. The number of nitrogens with zero attached hydrogens (tertiary/aromatic N) is 6. The summed E-state index contributed by atoms with van der Waals surface area (Å²) in [4.78, 5) is 28.8. The number of hydrogen-bond donors (Lipinski definition) is 1. The minimum Gasteiger partial charge on any atom is -0.382 e. The zero-order chi connectivity index (χ0) is 17.9. The minimum absolute atomic E-state index is 0.159. The molecule has 9 nitrogen and oxygen atoms in total. The molecule has 0 unspecified atom stereocenters. The quantitative estimate of drug-likeness (QED) is 0.726. The summed E-state index contributed by atoms with van der Waals surface area (Å²) in [6, 6.07) is 1.96. The number of anilines is 1. The molecule has 1 aliphatic heterocycles. The second-order valence-corrected chi connectivity index (χ2v) is 6.66. The van der Waals surface area contributed by atoms with Crippen molar-refractivity contribution in [2.45, 2.75) is 6.54 Å². The van der Waals surface area contributed by atoms with Gasteiger partial charge in [0.05, 0.1) is 6.54 Å². The van der Waals surface area contributed by atoms with E-state index in [1.807, 2.05) is 16.8 Å². The van der Waals surface area contributed by atoms with Gasteiger partial charge < -0.3 is 15.2 Å². The Labute approximate surface area is 153 Å². The Bertz CT molecular complexity index is 888.